The van der Waals surface area contributed by atoms with Gasteiger partial charge in [-0.15, -0.1) is 0 Å². The van der Waals surface area contributed by atoms with Crippen molar-refractivity contribution in [3.8, 4) is 6.07 Å². The van der Waals surface area contributed by atoms with Crippen LogP contribution in [0.2, 0.25) is 0 Å². The Balaban J connectivity index is 1.65. The van der Waals surface area contributed by atoms with Crippen LogP contribution in [0.1, 0.15) is 79.8 Å². The fourth-order valence-electron chi connectivity index (χ4n) is 4.41. The average Bonchev–Trinajstić information content (AvgIpc) is 2.78. The second-order valence-corrected chi connectivity index (χ2v) is 8.54. The van der Waals surface area contributed by atoms with Crippen LogP contribution in [0.5, 0.6) is 0 Å². The standard InChI is InChI=1S/C25H25F6NO/c1-2-3-15-4-6-16(7-5-15)17-8-9-18(21(26)10-17)14-33-25(30,31)24(29)19-11-22(27)20(13-32)23(28)12-19/h8-12,15-16,24H,2-7,14H2,1H3. The molecule has 0 heterocycles. The lowest BCUT2D eigenvalue weighted by Crippen LogP contribution is -2.27. The van der Waals surface area contributed by atoms with Gasteiger partial charge in [-0.2, -0.15) is 14.0 Å². The first-order valence-corrected chi connectivity index (χ1v) is 11.0. The van der Waals surface area contributed by atoms with Gasteiger partial charge in [0, 0.05) is 11.1 Å². The van der Waals surface area contributed by atoms with E-state index in [1.54, 1.807) is 6.07 Å². The summed E-state index contributed by atoms with van der Waals surface area (Å²) in [5.41, 5.74) is -1.41. The maximum Gasteiger partial charge on any atom is 0.391 e. The molecule has 3 rings (SSSR count). The largest absolute Gasteiger partial charge is 0.391 e. The average molecular weight is 469 g/mol. The van der Waals surface area contributed by atoms with Crippen molar-refractivity contribution in [2.75, 3.05) is 0 Å². The molecule has 1 atom stereocenters. The Hall–Kier alpha value is -2.53. The van der Waals surface area contributed by atoms with Crippen LogP contribution in [-0.4, -0.2) is 6.11 Å². The minimum atomic E-state index is -4.48. The van der Waals surface area contributed by atoms with Crippen molar-refractivity contribution in [1.82, 2.24) is 0 Å². The topological polar surface area (TPSA) is 33.0 Å². The normalized spacial score (nSPS) is 19.8. The molecule has 0 saturated heterocycles. The van der Waals surface area contributed by atoms with E-state index in [0.717, 1.165) is 37.7 Å². The van der Waals surface area contributed by atoms with Crippen LogP contribution in [0, 0.1) is 34.7 Å². The predicted octanol–water partition coefficient (Wildman–Crippen LogP) is 7.87. The van der Waals surface area contributed by atoms with Crippen molar-refractivity contribution in [2.24, 2.45) is 5.92 Å². The van der Waals surface area contributed by atoms with E-state index >= 15 is 0 Å². The van der Waals surface area contributed by atoms with Crippen LogP contribution in [0.25, 0.3) is 0 Å². The van der Waals surface area contributed by atoms with E-state index in [-0.39, 0.29) is 11.5 Å². The molecule has 33 heavy (non-hydrogen) atoms. The molecule has 1 saturated carbocycles. The number of rotatable bonds is 8. The third-order valence-electron chi connectivity index (χ3n) is 6.28. The zero-order valence-corrected chi connectivity index (χ0v) is 18.2. The Labute approximate surface area is 189 Å². The highest BCUT2D eigenvalue weighted by Gasteiger charge is 2.43. The Morgan fingerprint density at radius 1 is 1.03 bits per heavy atom. The van der Waals surface area contributed by atoms with Gasteiger partial charge in [0.1, 0.15) is 29.1 Å². The molecule has 0 aromatic heterocycles. The molecule has 2 aromatic rings. The molecule has 2 nitrogen and oxygen atoms in total. The number of nitrogens with zero attached hydrogens (tertiary/aromatic N) is 1. The summed E-state index contributed by atoms with van der Waals surface area (Å²) in [7, 11) is 0. The summed E-state index contributed by atoms with van der Waals surface area (Å²) >= 11 is 0. The van der Waals surface area contributed by atoms with Gasteiger partial charge in [-0.1, -0.05) is 31.9 Å². The van der Waals surface area contributed by atoms with Gasteiger partial charge in [0.15, 0.2) is 0 Å². The Morgan fingerprint density at radius 2 is 1.67 bits per heavy atom. The fourth-order valence-corrected chi connectivity index (χ4v) is 4.41. The van der Waals surface area contributed by atoms with E-state index < -0.39 is 47.5 Å². The first-order valence-electron chi connectivity index (χ1n) is 11.0. The Bertz CT molecular complexity index is 987. The minimum Gasteiger partial charge on any atom is -0.313 e. The van der Waals surface area contributed by atoms with Gasteiger partial charge in [0.05, 0.1) is 6.61 Å². The molecule has 0 spiro atoms. The minimum absolute atomic E-state index is 0.178. The summed E-state index contributed by atoms with van der Waals surface area (Å²) in [6.45, 7) is 1.22. The number of nitriles is 1. The van der Waals surface area contributed by atoms with Crippen LogP contribution >= 0.6 is 0 Å². The van der Waals surface area contributed by atoms with Gasteiger partial charge in [-0.05, 0) is 61.3 Å². The molecule has 0 N–H and O–H groups in total. The van der Waals surface area contributed by atoms with E-state index in [1.165, 1.54) is 24.6 Å². The summed E-state index contributed by atoms with van der Waals surface area (Å²) in [4.78, 5) is 0. The smallest absolute Gasteiger partial charge is 0.313 e. The van der Waals surface area contributed by atoms with Gasteiger partial charge in [0.25, 0.3) is 0 Å². The summed E-state index contributed by atoms with van der Waals surface area (Å²) in [5.74, 6) is -2.75. The summed E-state index contributed by atoms with van der Waals surface area (Å²) in [6.07, 6.45) is -1.33. The molecule has 1 aliphatic rings. The molecule has 178 valence electrons. The van der Waals surface area contributed by atoms with Crippen LogP contribution in [0.15, 0.2) is 30.3 Å². The molecule has 0 aliphatic heterocycles. The Kier molecular flexibility index (Phi) is 8.06. The van der Waals surface area contributed by atoms with Gasteiger partial charge in [-0.3, -0.25) is 0 Å². The van der Waals surface area contributed by atoms with Crippen molar-refractivity contribution in [3.63, 3.8) is 0 Å². The number of hydrogen-bond donors (Lipinski definition) is 0. The Morgan fingerprint density at radius 3 is 2.21 bits per heavy atom. The molecule has 1 aliphatic carbocycles. The van der Waals surface area contributed by atoms with Crippen molar-refractivity contribution in [2.45, 2.75) is 70.3 Å². The highest BCUT2D eigenvalue weighted by Crippen LogP contribution is 2.39. The van der Waals surface area contributed by atoms with E-state index in [9.17, 15) is 26.3 Å². The molecule has 1 fully saturated rings. The van der Waals surface area contributed by atoms with Crippen LogP contribution in [0.3, 0.4) is 0 Å². The summed E-state index contributed by atoms with van der Waals surface area (Å²) in [6, 6.07) is 6.17. The molecular weight excluding hydrogens is 444 g/mol. The van der Waals surface area contributed by atoms with E-state index in [1.807, 2.05) is 0 Å². The number of halogens is 6. The summed E-state index contributed by atoms with van der Waals surface area (Å²) < 4.78 is 88.9. The van der Waals surface area contributed by atoms with E-state index in [4.69, 9.17) is 5.26 Å². The SMILES string of the molecule is CCCC1CCC(c2ccc(COC(F)(F)C(F)c3cc(F)c(C#N)c(F)c3)c(F)c2)CC1. The lowest BCUT2D eigenvalue weighted by molar-refractivity contribution is -0.282. The van der Waals surface area contributed by atoms with E-state index in [0.29, 0.717) is 18.1 Å². The molecule has 2 aromatic carbocycles. The fraction of sp³-hybridized carbons (Fsp3) is 0.480. The van der Waals surface area contributed by atoms with Gasteiger partial charge in [0.2, 0.25) is 6.17 Å². The second-order valence-electron chi connectivity index (χ2n) is 8.54. The first kappa shape index (κ1) is 25.1. The quantitative estimate of drug-likeness (QED) is 0.369. The molecular formula is C25H25F6NO. The summed E-state index contributed by atoms with van der Waals surface area (Å²) in [5, 5.41) is 8.63. The first-order chi connectivity index (χ1) is 15.7. The molecule has 8 heteroatoms. The molecule has 0 amide bonds. The molecule has 0 radical (unpaired) electrons. The third-order valence-corrected chi connectivity index (χ3v) is 6.28. The highest BCUT2D eigenvalue weighted by atomic mass is 19.3. The number of benzene rings is 2. The predicted molar refractivity (Wildman–Crippen MR) is 111 cm³/mol. The van der Waals surface area contributed by atoms with Gasteiger partial charge < -0.3 is 4.74 Å². The van der Waals surface area contributed by atoms with Gasteiger partial charge in [-0.25, -0.2) is 17.6 Å². The number of alkyl halides is 3. The lowest BCUT2D eigenvalue weighted by Gasteiger charge is -2.29. The second kappa shape index (κ2) is 10.6. The van der Waals surface area contributed by atoms with E-state index in [2.05, 4.69) is 11.7 Å². The third kappa shape index (κ3) is 5.89. The zero-order valence-electron chi connectivity index (χ0n) is 18.2. The maximum absolute atomic E-state index is 14.5. The molecule has 1 unspecified atom stereocenters. The number of ether oxygens (including phenoxy) is 1. The van der Waals surface area contributed by atoms with Crippen LogP contribution in [0.4, 0.5) is 26.3 Å². The van der Waals surface area contributed by atoms with Crippen molar-refractivity contribution >= 4 is 0 Å². The highest BCUT2D eigenvalue weighted by molar-refractivity contribution is 5.36. The van der Waals surface area contributed by atoms with Gasteiger partial charge >= 0.3 is 6.11 Å². The van der Waals surface area contributed by atoms with Crippen LogP contribution < -0.4 is 0 Å². The van der Waals surface area contributed by atoms with Crippen molar-refractivity contribution in [1.29, 1.82) is 5.26 Å². The lowest BCUT2D eigenvalue weighted by atomic mass is 9.77. The van der Waals surface area contributed by atoms with Crippen molar-refractivity contribution in [3.05, 3.63) is 70.0 Å². The van der Waals surface area contributed by atoms with Crippen LogP contribution in [-0.2, 0) is 11.3 Å². The van der Waals surface area contributed by atoms with Crippen molar-refractivity contribution < 1.29 is 31.1 Å². The monoisotopic (exact) mass is 469 g/mol. The molecule has 0 bridgehead atoms. The zero-order chi connectivity index (χ0) is 24.2. The maximum atomic E-state index is 14.5. The number of hydrogen-bond acceptors (Lipinski definition) is 2.